The van der Waals surface area contributed by atoms with Gasteiger partial charge in [-0.25, -0.2) is 4.68 Å². The lowest BCUT2D eigenvalue weighted by molar-refractivity contribution is -0.114. The Hall–Kier alpha value is -1.43. The molecule has 1 fully saturated rings. The highest BCUT2D eigenvalue weighted by Gasteiger charge is 2.15. The van der Waals surface area contributed by atoms with Crippen LogP contribution in [-0.2, 0) is 11.3 Å². The van der Waals surface area contributed by atoms with E-state index in [9.17, 15) is 4.79 Å². The molecule has 0 saturated carbocycles. The first-order chi connectivity index (χ1) is 7.24. The Morgan fingerprint density at radius 1 is 1.80 bits per heavy atom. The molecule has 1 aliphatic rings. The number of amides is 1. The van der Waals surface area contributed by atoms with Gasteiger partial charge in [0.25, 0.3) is 0 Å². The van der Waals surface area contributed by atoms with Crippen molar-refractivity contribution in [1.82, 2.24) is 20.3 Å². The quantitative estimate of drug-likeness (QED) is 0.726. The summed E-state index contributed by atoms with van der Waals surface area (Å²) in [4.78, 5) is 10.8. The maximum absolute atomic E-state index is 10.8. The topological polar surface area (TPSA) is 71.8 Å². The second-order valence-electron chi connectivity index (χ2n) is 3.87. The average Bonchev–Trinajstić information content (AvgIpc) is 2.77. The fourth-order valence-corrected chi connectivity index (χ4v) is 1.76. The van der Waals surface area contributed by atoms with E-state index >= 15 is 0 Å². The van der Waals surface area contributed by atoms with Crippen molar-refractivity contribution in [1.29, 1.82) is 0 Å². The minimum Gasteiger partial charge on any atom is -0.316 e. The molecule has 0 aromatic carbocycles. The first kappa shape index (κ1) is 10.1. The molecule has 2 N–H and O–H groups in total. The molecule has 1 saturated heterocycles. The third-order valence-electron chi connectivity index (χ3n) is 2.45. The SMILES string of the molecule is CC(=O)Nc1cn(CC2CCNC2)nn1. The second kappa shape index (κ2) is 4.39. The van der Waals surface area contributed by atoms with Crippen molar-refractivity contribution in [2.45, 2.75) is 19.9 Å². The average molecular weight is 209 g/mol. The van der Waals surface area contributed by atoms with Gasteiger partial charge in [-0.2, -0.15) is 0 Å². The predicted molar refractivity (Wildman–Crippen MR) is 55.3 cm³/mol. The number of carbonyl (C=O) groups is 1. The summed E-state index contributed by atoms with van der Waals surface area (Å²) < 4.78 is 1.78. The fourth-order valence-electron chi connectivity index (χ4n) is 1.76. The van der Waals surface area contributed by atoms with E-state index in [1.165, 1.54) is 13.3 Å². The number of aromatic nitrogens is 3. The van der Waals surface area contributed by atoms with Crippen LogP contribution in [0.5, 0.6) is 0 Å². The Morgan fingerprint density at radius 3 is 3.33 bits per heavy atom. The van der Waals surface area contributed by atoms with E-state index < -0.39 is 0 Å². The lowest BCUT2D eigenvalue weighted by Crippen LogP contribution is -2.14. The van der Waals surface area contributed by atoms with Crippen molar-refractivity contribution >= 4 is 11.7 Å². The van der Waals surface area contributed by atoms with Crippen LogP contribution < -0.4 is 10.6 Å². The smallest absolute Gasteiger partial charge is 0.222 e. The van der Waals surface area contributed by atoms with Crippen LogP contribution in [0.1, 0.15) is 13.3 Å². The van der Waals surface area contributed by atoms with Crippen molar-refractivity contribution in [3.63, 3.8) is 0 Å². The Morgan fingerprint density at radius 2 is 2.67 bits per heavy atom. The molecule has 2 heterocycles. The molecule has 1 atom stereocenters. The first-order valence-electron chi connectivity index (χ1n) is 5.12. The first-order valence-corrected chi connectivity index (χ1v) is 5.12. The molecule has 15 heavy (non-hydrogen) atoms. The predicted octanol–water partition coefficient (Wildman–Crippen LogP) is -0.154. The van der Waals surface area contributed by atoms with Gasteiger partial charge in [-0.15, -0.1) is 5.10 Å². The van der Waals surface area contributed by atoms with E-state index in [1.54, 1.807) is 10.9 Å². The summed E-state index contributed by atoms with van der Waals surface area (Å²) in [5, 5.41) is 13.7. The summed E-state index contributed by atoms with van der Waals surface area (Å²) in [5.41, 5.74) is 0. The van der Waals surface area contributed by atoms with E-state index in [-0.39, 0.29) is 5.91 Å². The van der Waals surface area contributed by atoms with Crippen LogP contribution in [-0.4, -0.2) is 34.0 Å². The highest BCUT2D eigenvalue weighted by Crippen LogP contribution is 2.10. The second-order valence-corrected chi connectivity index (χ2v) is 3.87. The molecule has 1 amide bonds. The summed E-state index contributed by atoms with van der Waals surface area (Å²) in [6.45, 7) is 4.44. The summed E-state index contributed by atoms with van der Waals surface area (Å²) >= 11 is 0. The van der Waals surface area contributed by atoms with Gasteiger partial charge in [-0.3, -0.25) is 4.79 Å². The molecule has 82 valence electrons. The summed E-state index contributed by atoms with van der Waals surface area (Å²) in [5.74, 6) is 1.02. The molecule has 2 rings (SSSR count). The molecule has 1 aliphatic heterocycles. The fraction of sp³-hybridized carbons (Fsp3) is 0.667. The van der Waals surface area contributed by atoms with Gasteiger partial charge in [-0.05, 0) is 25.4 Å². The Balaban J connectivity index is 1.91. The molecule has 6 heteroatoms. The molecule has 0 radical (unpaired) electrons. The lowest BCUT2D eigenvalue weighted by atomic mass is 10.1. The van der Waals surface area contributed by atoms with Crippen LogP contribution in [0.15, 0.2) is 6.20 Å². The number of hydrogen-bond donors (Lipinski definition) is 2. The maximum atomic E-state index is 10.8. The Labute approximate surface area is 88.0 Å². The monoisotopic (exact) mass is 209 g/mol. The van der Waals surface area contributed by atoms with Gasteiger partial charge in [0.1, 0.15) is 0 Å². The molecule has 0 aliphatic carbocycles. The van der Waals surface area contributed by atoms with Crippen LogP contribution in [0.2, 0.25) is 0 Å². The van der Waals surface area contributed by atoms with E-state index in [0.29, 0.717) is 11.7 Å². The molecule has 6 nitrogen and oxygen atoms in total. The highest BCUT2D eigenvalue weighted by molar-refractivity contribution is 5.87. The van der Waals surface area contributed by atoms with Crippen molar-refractivity contribution < 1.29 is 4.79 Å². The largest absolute Gasteiger partial charge is 0.316 e. The molecule has 1 aromatic rings. The number of anilines is 1. The van der Waals surface area contributed by atoms with Crippen molar-refractivity contribution in [2.24, 2.45) is 5.92 Å². The number of nitrogens with zero attached hydrogens (tertiary/aromatic N) is 3. The van der Waals surface area contributed by atoms with E-state index in [4.69, 9.17) is 0 Å². The third-order valence-corrected chi connectivity index (χ3v) is 2.45. The zero-order valence-electron chi connectivity index (χ0n) is 8.73. The number of nitrogens with one attached hydrogen (secondary N) is 2. The Kier molecular flexibility index (Phi) is 2.96. The van der Waals surface area contributed by atoms with Gasteiger partial charge in [0.05, 0.1) is 6.20 Å². The van der Waals surface area contributed by atoms with E-state index in [0.717, 1.165) is 19.6 Å². The highest BCUT2D eigenvalue weighted by atomic mass is 16.1. The maximum Gasteiger partial charge on any atom is 0.222 e. The standard InChI is InChI=1S/C9H15N5O/c1-7(15)11-9-6-14(13-12-9)5-8-2-3-10-4-8/h6,8,10H,2-5H2,1H3,(H,11,15). The summed E-state index contributed by atoms with van der Waals surface area (Å²) in [7, 11) is 0. The van der Waals surface area contributed by atoms with Crippen molar-refractivity contribution in [3.05, 3.63) is 6.20 Å². The van der Waals surface area contributed by atoms with Gasteiger partial charge < -0.3 is 10.6 Å². The van der Waals surface area contributed by atoms with Crippen LogP contribution in [0, 0.1) is 5.92 Å². The zero-order chi connectivity index (χ0) is 10.7. The molecule has 1 unspecified atom stereocenters. The van der Waals surface area contributed by atoms with Gasteiger partial charge in [-0.1, -0.05) is 5.21 Å². The summed E-state index contributed by atoms with van der Waals surface area (Å²) in [6.07, 6.45) is 2.94. The van der Waals surface area contributed by atoms with Gasteiger partial charge in [0.15, 0.2) is 5.82 Å². The van der Waals surface area contributed by atoms with E-state index in [1.807, 2.05) is 0 Å². The Bertz CT molecular complexity index is 342. The van der Waals surface area contributed by atoms with Crippen LogP contribution in [0.4, 0.5) is 5.82 Å². The number of rotatable bonds is 3. The van der Waals surface area contributed by atoms with Crippen molar-refractivity contribution in [2.75, 3.05) is 18.4 Å². The molecular formula is C9H15N5O. The van der Waals surface area contributed by atoms with E-state index in [2.05, 4.69) is 20.9 Å². The van der Waals surface area contributed by atoms with Crippen LogP contribution in [0.3, 0.4) is 0 Å². The molecule has 0 spiro atoms. The zero-order valence-corrected chi connectivity index (χ0v) is 8.73. The summed E-state index contributed by atoms with van der Waals surface area (Å²) in [6, 6.07) is 0. The van der Waals surface area contributed by atoms with Crippen molar-refractivity contribution in [3.8, 4) is 0 Å². The lowest BCUT2D eigenvalue weighted by Gasteiger charge is -2.06. The molecular weight excluding hydrogens is 194 g/mol. The molecule has 0 bridgehead atoms. The number of carbonyl (C=O) groups excluding carboxylic acids is 1. The number of hydrogen-bond acceptors (Lipinski definition) is 4. The van der Waals surface area contributed by atoms with Crippen LogP contribution in [0.25, 0.3) is 0 Å². The van der Waals surface area contributed by atoms with Gasteiger partial charge >= 0.3 is 0 Å². The minimum atomic E-state index is -0.121. The third kappa shape index (κ3) is 2.76. The normalized spacial score (nSPS) is 20.5. The van der Waals surface area contributed by atoms with Gasteiger partial charge in [0.2, 0.25) is 5.91 Å². The van der Waals surface area contributed by atoms with Crippen LogP contribution >= 0.6 is 0 Å². The minimum absolute atomic E-state index is 0.121. The van der Waals surface area contributed by atoms with Gasteiger partial charge in [0, 0.05) is 13.5 Å². The molecule has 1 aromatic heterocycles.